The van der Waals surface area contributed by atoms with E-state index in [9.17, 15) is 9.90 Å². The molecule has 4 nitrogen and oxygen atoms in total. The van der Waals surface area contributed by atoms with E-state index in [1.807, 2.05) is 0 Å². The lowest BCUT2D eigenvalue weighted by atomic mass is 10.1. The van der Waals surface area contributed by atoms with E-state index in [0.717, 1.165) is 0 Å². The van der Waals surface area contributed by atoms with Gasteiger partial charge in [-0.25, -0.2) is 9.97 Å². The monoisotopic (exact) mass is 180 g/mol. The van der Waals surface area contributed by atoms with Crippen molar-refractivity contribution in [3.05, 3.63) is 24.3 Å². The Morgan fingerprint density at radius 1 is 1.54 bits per heavy atom. The zero-order valence-electron chi connectivity index (χ0n) is 7.47. The first kappa shape index (κ1) is 9.80. The normalized spacial score (nSPS) is 12.5. The molecule has 0 radical (unpaired) electrons. The summed E-state index contributed by atoms with van der Waals surface area (Å²) in [6, 6.07) is 1.73. The van der Waals surface area contributed by atoms with Crippen LogP contribution in [0.5, 0.6) is 0 Å². The Morgan fingerprint density at radius 2 is 2.15 bits per heavy atom. The van der Waals surface area contributed by atoms with Gasteiger partial charge in [0.05, 0.1) is 0 Å². The Balaban J connectivity index is 2.39. The quantitative estimate of drug-likeness (QED) is 0.726. The smallest absolute Gasteiger partial charge is 0.158 e. The Labute approximate surface area is 76.7 Å². The van der Waals surface area contributed by atoms with Gasteiger partial charge in [-0.2, -0.15) is 0 Å². The molecule has 1 unspecified atom stereocenters. The van der Waals surface area contributed by atoms with Gasteiger partial charge in [0.25, 0.3) is 0 Å². The third kappa shape index (κ3) is 3.29. The van der Waals surface area contributed by atoms with Crippen LogP contribution < -0.4 is 0 Å². The summed E-state index contributed by atoms with van der Waals surface area (Å²) in [4.78, 5) is 18.6. The van der Waals surface area contributed by atoms with E-state index in [-0.39, 0.29) is 5.78 Å². The van der Waals surface area contributed by atoms with Crippen molar-refractivity contribution < 1.29 is 9.90 Å². The second kappa shape index (κ2) is 4.67. The fourth-order valence-corrected chi connectivity index (χ4v) is 0.928. The highest BCUT2D eigenvalue weighted by atomic mass is 16.3. The van der Waals surface area contributed by atoms with Gasteiger partial charge >= 0.3 is 0 Å². The lowest BCUT2D eigenvalue weighted by Gasteiger charge is -2.04. The second-order valence-corrected chi connectivity index (χ2v) is 2.83. The molecule has 0 aliphatic carbocycles. The predicted molar refractivity (Wildman–Crippen MR) is 47.0 cm³/mol. The Kier molecular flexibility index (Phi) is 3.52. The van der Waals surface area contributed by atoms with Crippen molar-refractivity contribution in [2.75, 3.05) is 0 Å². The Hall–Kier alpha value is -1.29. The van der Waals surface area contributed by atoms with Crippen molar-refractivity contribution >= 4 is 5.78 Å². The van der Waals surface area contributed by atoms with E-state index in [0.29, 0.717) is 18.7 Å². The number of hydrogen-bond acceptors (Lipinski definition) is 4. The maximum Gasteiger partial charge on any atom is 0.158 e. The summed E-state index contributed by atoms with van der Waals surface area (Å²) >= 11 is 0. The third-order valence-electron chi connectivity index (χ3n) is 1.73. The maximum absolute atomic E-state index is 10.7. The Bertz CT molecular complexity index is 274. The number of aliphatic hydroxyl groups excluding tert-OH is 1. The number of aryl methyl sites for hydroxylation is 1. The van der Waals surface area contributed by atoms with Crippen molar-refractivity contribution in [3.8, 4) is 0 Å². The van der Waals surface area contributed by atoms with Crippen molar-refractivity contribution in [2.45, 2.75) is 25.9 Å². The van der Waals surface area contributed by atoms with Gasteiger partial charge in [0.2, 0.25) is 0 Å². The number of carbonyl (C=O) groups is 1. The zero-order valence-corrected chi connectivity index (χ0v) is 7.47. The van der Waals surface area contributed by atoms with Crippen LogP contribution in [0.3, 0.4) is 0 Å². The lowest BCUT2D eigenvalue weighted by Crippen LogP contribution is -2.17. The zero-order chi connectivity index (χ0) is 9.68. The van der Waals surface area contributed by atoms with E-state index >= 15 is 0 Å². The minimum Gasteiger partial charge on any atom is -0.385 e. The first-order valence-electron chi connectivity index (χ1n) is 4.14. The molecule has 1 heterocycles. The minimum absolute atomic E-state index is 0.212. The van der Waals surface area contributed by atoms with E-state index in [4.69, 9.17) is 0 Å². The molecule has 0 saturated carbocycles. The topological polar surface area (TPSA) is 63.1 Å². The van der Waals surface area contributed by atoms with Gasteiger partial charge in [-0.3, -0.25) is 4.79 Å². The van der Waals surface area contributed by atoms with Crippen LogP contribution in [0.15, 0.2) is 18.5 Å². The molecular formula is C9H12N2O2. The molecule has 0 bridgehead atoms. The average Bonchev–Trinajstić information content (AvgIpc) is 2.15. The summed E-state index contributed by atoms with van der Waals surface area (Å²) in [5, 5.41) is 9.18. The molecule has 0 spiro atoms. The number of ketones is 1. The van der Waals surface area contributed by atoms with Crippen molar-refractivity contribution in [1.29, 1.82) is 0 Å². The van der Waals surface area contributed by atoms with Crippen LogP contribution in [0.2, 0.25) is 0 Å². The molecule has 1 aromatic rings. The van der Waals surface area contributed by atoms with Crippen LogP contribution >= 0.6 is 0 Å². The molecule has 4 heteroatoms. The molecule has 70 valence electrons. The van der Waals surface area contributed by atoms with Gasteiger partial charge in [-0.15, -0.1) is 0 Å². The van der Waals surface area contributed by atoms with Gasteiger partial charge in [0, 0.05) is 18.8 Å². The molecular weight excluding hydrogens is 168 g/mol. The summed E-state index contributed by atoms with van der Waals surface area (Å²) in [6.45, 7) is 1.37. The fourth-order valence-electron chi connectivity index (χ4n) is 0.928. The van der Waals surface area contributed by atoms with Gasteiger partial charge < -0.3 is 5.11 Å². The van der Waals surface area contributed by atoms with Gasteiger partial charge in [0.15, 0.2) is 5.78 Å². The summed E-state index contributed by atoms with van der Waals surface area (Å²) in [6.07, 6.45) is 3.31. The van der Waals surface area contributed by atoms with Crippen LogP contribution in [0.1, 0.15) is 19.2 Å². The summed E-state index contributed by atoms with van der Waals surface area (Å²) in [5.74, 6) is 0.443. The highest BCUT2D eigenvalue weighted by molar-refractivity contribution is 5.80. The van der Waals surface area contributed by atoms with Crippen LogP contribution in [-0.2, 0) is 11.2 Å². The molecule has 1 atom stereocenters. The average molecular weight is 180 g/mol. The molecule has 0 aromatic carbocycles. The van der Waals surface area contributed by atoms with Gasteiger partial charge in [0.1, 0.15) is 11.9 Å². The first-order chi connectivity index (χ1) is 6.20. The fraction of sp³-hybridized carbons (Fsp3) is 0.444. The first-order valence-corrected chi connectivity index (χ1v) is 4.14. The standard InChI is InChI=1S/C9H12N2O2/c1-7(12)8(13)3-4-9-10-5-2-6-11-9/h2,5-6,8,13H,3-4H2,1H3. The van der Waals surface area contributed by atoms with Crippen molar-refractivity contribution in [1.82, 2.24) is 9.97 Å². The Morgan fingerprint density at radius 3 is 2.69 bits per heavy atom. The summed E-state index contributed by atoms with van der Waals surface area (Å²) in [7, 11) is 0. The number of rotatable bonds is 4. The highest BCUT2D eigenvalue weighted by Gasteiger charge is 2.09. The van der Waals surface area contributed by atoms with Crippen LogP contribution in [0.25, 0.3) is 0 Å². The van der Waals surface area contributed by atoms with E-state index in [1.165, 1.54) is 6.92 Å². The SMILES string of the molecule is CC(=O)C(O)CCc1ncccn1. The number of nitrogens with zero attached hydrogens (tertiary/aromatic N) is 2. The molecule has 0 saturated heterocycles. The molecule has 0 amide bonds. The highest BCUT2D eigenvalue weighted by Crippen LogP contribution is 1.99. The predicted octanol–water partition coefficient (Wildman–Crippen LogP) is 0.359. The second-order valence-electron chi connectivity index (χ2n) is 2.83. The number of carbonyl (C=O) groups excluding carboxylic acids is 1. The van der Waals surface area contributed by atoms with E-state index in [2.05, 4.69) is 9.97 Å². The third-order valence-corrected chi connectivity index (χ3v) is 1.73. The molecule has 13 heavy (non-hydrogen) atoms. The van der Waals surface area contributed by atoms with E-state index < -0.39 is 6.10 Å². The number of aromatic nitrogens is 2. The number of Topliss-reactive ketones (excluding diaryl/α,β-unsaturated/α-hetero) is 1. The summed E-state index contributed by atoms with van der Waals surface area (Å²) < 4.78 is 0. The van der Waals surface area contributed by atoms with Crippen molar-refractivity contribution in [3.63, 3.8) is 0 Å². The molecule has 1 N–H and O–H groups in total. The number of aliphatic hydroxyl groups is 1. The lowest BCUT2D eigenvalue weighted by molar-refractivity contribution is -0.125. The van der Waals surface area contributed by atoms with E-state index in [1.54, 1.807) is 18.5 Å². The molecule has 1 aromatic heterocycles. The number of hydrogen-bond donors (Lipinski definition) is 1. The minimum atomic E-state index is -0.885. The van der Waals surface area contributed by atoms with Gasteiger partial charge in [-0.1, -0.05) is 0 Å². The maximum atomic E-state index is 10.7. The van der Waals surface area contributed by atoms with Crippen LogP contribution in [0.4, 0.5) is 0 Å². The molecule has 0 aliphatic heterocycles. The molecule has 1 rings (SSSR count). The van der Waals surface area contributed by atoms with Gasteiger partial charge in [-0.05, 0) is 19.4 Å². The van der Waals surface area contributed by atoms with Crippen LogP contribution in [-0.4, -0.2) is 27.0 Å². The van der Waals surface area contributed by atoms with Crippen molar-refractivity contribution in [2.24, 2.45) is 0 Å². The largest absolute Gasteiger partial charge is 0.385 e. The summed E-state index contributed by atoms with van der Waals surface area (Å²) in [5.41, 5.74) is 0. The molecule has 0 aliphatic rings. The molecule has 0 fully saturated rings. The van der Waals surface area contributed by atoms with Crippen LogP contribution in [0, 0.1) is 0 Å².